The molecule has 0 N–H and O–H groups in total. The average molecular weight is 245 g/mol. The largest absolute Gasteiger partial charge is 0.366 e. The summed E-state index contributed by atoms with van der Waals surface area (Å²) in [4.78, 5) is 6.20. The fraction of sp³-hybridized carbons (Fsp3) is 0.538. The van der Waals surface area contributed by atoms with Crippen LogP contribution in [0.3, 0.4) is 0 Å². The van der Waals surface area contributed by atoms with Gasteiger partial charge in [-0.05, 0) is 18.6 Å². The number of nitriles is 1. The van der Waals surface area contributed by atoms with E-state index in [0.717, 1.165) is 31.6 Å². The monoisotopic (exact) mass is 245 g/mol. The Balaban J connectivity index is 1.81. The van der Waals surface area contributed by atoms with E-state index in [1.807, 2.05) is 12.1 Å². The molecule has 0 saturated carbocycles. The Kier molecular flexibility index (Phi) is 2.90. The molecule has 0 aliphatic carbocycles. The van der Waals surface area contributed by atoms with Crippen molar-refractivity contribution in [2.75, 3.05) is 31.2 Å². The van der Waals surface area contributed by atoms with E-state index in [2.05, 4.69) is 16.0 Å². The molecule has 94 valence electrons. The van der Waals surface area contributed by atoms with Crippen LogP contribution in [-0.4, -0.2) is 37.1 Å². The third-order valence-electron chi connectivity index (χ3n) is 3.45. The lowest BCUT2D eigenvalue weighted by Crippen LogP contribution is -2.49. The molecule has 3 heterocycles. The summed E-state index contributed by atoms with van der Waals surface area (Å²) in [5, 5.41) is 8.89. The zero-order valence-electron chi connectivity index (χ0n) is 10.1. The third kappa shape index (κ3) is 2.05. The van der Waals surface area contributed by atoms with E-state index < -0.39 is 5.79 Å². The predicted molar refractivity (Wildman–Crippen MR) is 65.0 cm³/mol. The van der Waals surface area contributed by atoms with Crippen molar-refractivity contribution in [1.82, 2.24) is 4.98 Å². The van der Waals surface area contributed by atoms with Crippen molar-refractivity contribution in [2.45, 2.75) is 18.6 Å². The van der Waals surface area contributed by atoms with E-state index in [0.29, 0.717) is 18.9 Å². The average Bonchev–Trinajstić information content (AvgIpc) is 2.87. The van der Waals surface area contributed by atoms with Gasteiger partial charge in [-0.2, -0.15) is 5.26 Å². The van der Waals surface area contributed by atoms with E-state index in [1.54, 1.807) is 6.20 Å². The summed E-state index contributed by atoms with van der Waals surface area (Å²) >= 11 is 0. The second-order valence-electron chi connectivity index (χ2n) is 4.64. The highest BCUT2D eigenvalue weighted by Gasteiger charge is 2.40. The van der Waals surface area contributed by atoms with Crippen molar-refractivity contribution >= 4 is 5.69 Å². The molecule has 0 aromatic carbocycles. The minimum Gasteiger partial charge on any atom is -0.366 e. The van der Waals surface area contributed by atoms with Gasteiger partial charge in [0.15, 0.2) is 5.79 Å². The lowest BCUT2D eigenvalue weighted by atomic mass is 10.0. The lowest BCUT2D eigenvalue weighted by Gasteiger charge is -2.39. The molecule has 2 aliphatic rings. The van der Waals surface area contributed by atoms with Crippen molar-refractivity contribution in [1.29, 1.82) is 5.26 Å². The quantitative estimate of drug-likeness (QED) is 0.746. The smallest absolute Gasteiger partial charge is 0.186 e. The first kappa shape index (κ1) is 11.5. The van der Waals surface area contributed by atoms with Gasteiger partial charge in [-0.25, -0.2) is 4.98 Å². The number of aromatic nitrogens is 1. The van der Waals surface area contributed by atoms with Crippen molar-refractivity contribution in [3.63, 3.8) is 0 Å². The second kappa shape index (κ2) is 4.56. The zero-order chi connectivity index (χ0) is 12.4. The minimum absolute atomic E-state index is 0.436. The number of rotatable bonds is 1. The van der Waals surface area contributed by atoms with Gasteiger partial charge in [0.25, 0.3) is 0 Å². The van der Waals surface area contributed by atoms with Gasteiger partial charge in [0.2, 0.25) is 0 Å². The van der Waals surface area contributed by atoms with E-state index in [-0.39, 0.29) is 0 Å². The van der Waals surface area contributed by atoms with Gasteiger partial charge in [-0.15, -0.1) is 0 Å². The first-order valence-corrected chi connectivity index (χ1v) is 6.20. The van der Waals surface area contributed by atoms with Crippen LogP contribution in [0.5, 0.6) is 0 Å². The Morgan fingerprint density at radius 1 is 1.39 bits per heavy atom. The molecular formula is C13H15N3O2. The van der Waals surface area contributed by atoms with E-state index >= 15 is 0 Å². The van der Waals surface area contributed by atoms with Gasteiger partial charge in [0, 0.05) is 24.8 Å². The number of piperidine rings is 1. The predicted octanol–water partition coefficient (Wildman–Crippen LogP) is 1.30. The standard InChI is InChI=1S/C13H15N3O2/c14-9-11-8-12(2-4-15-11)16-5-1-3-13(10-16)17-6-7-18-13/h2,4,8H,1,3,5-7,10H2. The fourth-order valence-corrected chi connectivity index (χ4v) is 2.62. The zero-order valence-corrected chi connectivity index (χ0v) is 10.1. The molecule has 1 spiro atoms. The molecule has 0 unspecified atom stereocenters. The maximum absolute atomic E-state index is 8.89. The number of hydrogen-bond donors (Lipinski definition) is 0. The van der Waals surface area contributed by atoms with Crippen LogP contribution in [0.25, 0.3) is 0 Å². The summed E-state index contributed by atoms with van der Waals surface area (Å²) in [6.45, 7) is 3.03. The topological polar surface area (TPSA) is 58.4 Å². The number of hydrogen-bond acceptors (Lipinski definition) is 5. The van der Waals surface area contributed by atoms with Crippen LogP contribution in [0.4, 0.5) is 5.69 Å². The Morgan fingerprint density at radius 2 is 2.22 bits per heavy atom. The molecule has 2 saturated heterocycles. The SMILES string of the molecule is N#Cc1cc(N2CCCC3(C2)OCCO3)ccn1. The number of pyridine rings is 1. The highest BCUT2D eigenvalue weighted by Crippen LogP contribution is 2.32. The molecule has 0 atom stereocenters. The normalized spacial score (nSPS) is 22.1. The molecule has 5 heteroatoms. The first-order chi connectivity index (χ1) is 8.81. The van der Waals surface area contributed by atoms with Crippen molar-refractivity contribution in [2.24, 2.45) is 0 Å². The molecule has 3 rings (SSSR count). The maximum Gasteiger partial charge on any atom is 0.186 e. The Labute approximate surface area is 106 Å². The van der Waals surface area contributed by atoms with E-state index in [1.165, 1.54) is 0 Å². The molecule has 0 radical (unpaired) electrons. The van der Waals surface area contributed by atoms with Gasteiger partial charge < -0.3 is 14.4 Å². The van der Waals surface area contributed by atoms with Crippen LogP contribution in [0.15, 0.2) is 18.3 Å². The third-order valence-corrected chi connectivity index (χ3v) is 3.45. The summed E-state index contributed by atoms with van der Waals surface area (Å²) in [6, 6.07) is 5.81. The summed E-state index contributed by atoms with van der Waals surface area (Å²) in [6.07, 6.45) is 3.65. The van der Waals surface area contributed by atoms with Crippen LogP contribution >= 0.6 is 0 Å². The molecular weight excluding hydrogens is 230 g/mol. The molecule has 1 aromatic heterocycles. The van der Waals surface area contributed by atoms with Crippen LogP contribution in [0, 0.1) is 11.3 Å². The first-order valence-electron chi connectivity index (χ1n) is 6.20. The van der Waals surface area contributed by atoms with Gasteiger partial charge in [-0.1, -0.05) is 0 Å². The maximum atomic E-state index is 8.89. The summed E-state index contributed by atoms with van der Waals surface area (Å²) in [5.41, 5.74) is 1.46. The van der Waals surface area contributed by atoms with Gasteiger partial charge in [0.1, 0.15) is 11.8 Å². The molecule has 0 bridgehead atoms. The summed E-state index contributed by atoms with van der Waals surface area (Å²) in [7, 11) is 0. The molecule has 0 amide bonds. The molecule has 5 nitrogen and oxygen atoms in total. The Bertz CT molecular complexity index is 477. The number of nitrogens with zero attached hydrogens (tertiary/aromatic N) is 3. The molecule has 1 aromatic rings. The highest BCUT2D eigenvalue weighted by atomic mass is 16.7. The molecule has 2 aliphatic heterocycles. The van der Waals surface area contributed by atoms with Crippen LogP contribution in [-0.2, 0) is 9.47 Å². The Hall–Kier alpha value is -1.64. The Morgan fingerprint density at radius 3 is 3.00 bits per heavy atom. The van der Waals surface area contributed by atoms with Crippen molar-refractivity contribution in [3.8, 4) is 6.07 Å². The summed E-state index contributed by atoms with van der Waals surface area (Å²) in [5.74, 6) is -0.436. The van der Waals surface area contributed by atoms with E-state index in [4.69, 9.17) is 14.7 Å². The van der Waals surface area contributed by atoms with Crippen LogP contribution in [0.2, 0.25) is 0 Å². The minimum atomic E-state index is -0.436. The fourth-order valence-electron chi connectivity index (χ4n) is 2.62. The number of anilines is 1. The second-order valence-corrected chi connectivity index (χ2v) is 4.64. The lowest BCUT2D eigenvalue weighted by molar-refractivity contribution is -0.161. The molecule has 2 fully saturated rings. The number of ether oxygens (including phenoxy) is 2. The van der Waals surface area contributed by atoms with Crippen LogP contribution < -0.4 is 4.90 Å². The van der Waals surface area contributed by atoms with Crippen LogP contribution in [0.1, 0.15) is 18.5 Å². The summed E-state index contributed by atoms with van der Waals surface area (Å²) < 4.78 is 11.5. The van der Waals surface area contributed by atoms with Crippen molar-refractivity contribution in [3.05, 3.63) is 24.0 Å². The molecule has 18 heavy (non-hydrogen) atoms. The van der Waals surface area contributed by atoms with Crippen molar-refractivity contribution < 1.29 is 9.47 Å². The highest BCUT2D eigenvalue weighted by molar-refractivity contribution is 5.49. The van der Waals surface area contributed by atoms with Gasteiger partial charge in [-0.3, -0.25) is 0 Å². The van der Waals surface area contributed by atoms with Gasteiger partial charge >= 0.3 is 0 Å². The van der Waals surface area contributed by atoms with Gasteiger partial charge in [0.05, 0.1) is 19.8 Å². The van der Waals surface area contributed by atoms with E-state index in [9.17, 15) is 0 Å².